The van der Waals surface area contributed by atoms with E-state index in [4.69, 9.17) is 4.74 Å². The third-order valence-electron chi connectivity index (χ3n) is 2.98. The first kappa shape index (κ1) is 13.9. The quantitative estimate of drug-likeness (QED) is 0.865. The van der Waals surface area contributed by atoms with Crippen LogP contribution in [0.3, 0.4) is 0 Å². The Kier molecular flexibility index (Phi) is 4.79. The molecule has 0 saturated carbocycles. The second-order valence-corrected chi connectivity index (χ2v) is 5.60. The molecule has 0 aromatic carbocycles. The van der Waals surface area contributed by atoms with Crippen LogP contribution in [0.25, 0.3) is 0 Å². The van der Waals surface area contributed by atoms with Gasteiger partial charge < -0.3 is 15.0 Å². The number of rotatable bonds is 6. The molecule has 6 heteroatoms. The van der Waals surface area contributed by atoms with Crippen molar-refractivity contribution in [1.82, 2.24) is 10.2 Å². The van der Waals surface area contributed by atoms with Crippen LogP contribution in [0.15, 0.2) is 12.1 Å². The van der Waals surface area contributed by atoms with Crippen molar-refractivity contribution in [3.8, 4) is 0 Å². The van der Waals surface area contributed by atoms with E-state index in [9.17, 15) is 9.59 Å². The van der Waals surface area contributed by atoms with Crippen LogP contribution in [0.4, 0.5) is 4.79 Å². The Morgan fingerprint density at radius 3 is 2.89 bits per heavy atom. The minimum absolute atomic E-state index is 0.0360. The first-order valence-electron chi connectivity index (χ1n) is 6.45. The lowest BCUT2D eigenvalue weighted by Crippen LogP contribution is -2.31. The Balaban J connectivity index is 1.68. The molecule has 1 aliphatic heterocycles. The van der Waals surface area contributed by atoms with Crippen LogP contribution in [-0.2, 0) is 22.5 Å². The van der Waals surface area contributed by atoms with Gasteiger partial charge in [0.15, 0.2) is 0 Å². The summed E-state index contributed by atoms with van der Waals surface area (Å²) in [4.78, 5) is 26.9. The Bertz CT molecular complexity index is 458. The van der Waals surface area contributed by atoms with E-state index in [1.54, 1.807) is 16.2 Å². The molecule has 0 aliphatic carbocycles. The third kappa shape index (κ3) is 3.96. The molecule has 104 valence electrons. The van der Waals surface area contributed by atoms with Gasteiger partial charge in [0, 0.05) is 22.7 Å². The highest BCUT2D eigenvalue weighted by Crippen LogP contribution is 2.16. The molecule has 19 heavy (non-hydrogen) atoms. The first-order chi connectivity index (χ1) is 9.19. The van der Waals surface area contributed by atoms with E-state index in [1.807, 2.05) is 6.07 Å². The van der Waals surface area contributed by atoms with E-state index >= 15 is 0 Å². The Labute approximate surface area is 116 Å². The summed E-state index contributed by atoms with van der Waals surface area (Å²) in [5, 5.41) is 2.87. The van der Waals surface area contributed by atoms with Gasteiger partial charge in [-0.3, -0.25) is 4.79 Å². The summed E-state index contributed by atoms with van der Waals surface area (Å²) < 4.78 is 4.80. The van der Waals surface area contributed by atoms with Crippen LogP contribution >= 0.6 is 11.3 Å². The minimum Gasteiger partial charge on any atom is -0.448 e. The molecule has 1 saturated heterocycles. The summed E-state index contributed by atoms with van der Waals surface area (Å²) in [6, 6.07) is 4.13. The number of nitrogens with one attached hydrogen (secondary N) is 1. The van der Waals surface area contributed by atoms with Crippen molar-refractivity contribution >= 4 is 23.3 Å². The number of ether oxygens (including phenoxy) is 1. The summed E-state index contributed by atoms with van der Waals surface area (Å²) >= 11 is 1.72. The van der Waals surface area contributed by atoms with Crippen molar-refractivity contribution in [2.45, 2.75) is 26.3 Å². The zero-order valence-electron chi connectivity index (χ0n) is 11.0. The molecular formula is C13H18N2O3S. The molecule has 0 unspecified atom stereocenters. The van der Waals surface area contributed by atoms with E-state index in [-0.39, 0.29) is 12.0 Å². The summed E-state index contributed by atoms with van der Waals surface area (Å²) in [6.45, 7) is 4.11. The molecule has 0 atom stereocenters. The molecule has 2 amide bonds. The van der Waals surface area contributed by atoms with Crippen molar-refractivity contribution in [2.75, 3.05) is 19.7 Å². The van der Waals surface area contributed by atoms with Crippen molar-refractivity contribution in [1.29, 1.82) is 0 Å². The molecule has 0 spiro atoms. The van der Waals surface area contributed by atoms with Gasteiger partial charge in [0.05, 0.1) is 13.1 Å². The van der Waals surface area contributed by atoms with Crippen LogP contribution in [0.2, 0.25) is 0 Å². The monoisotopic (exact) mass is 282 g/mol. The Morgan fingerprint density at radius 2 is 2.26 bits per heavy atom. The minimum atomic E-state index is -0.321. The highest BCUT2D eigenvalue weighted by atomic mass is 32.1. The molecule has 1 aromatic rings. The fourth-order valence-electron chi connectivity index (χ4n) is 1.85. The van der Waals surface area contributed by atoms with Crippen LogP contribution in [0.1, 0.15) is 23.1 Å². The highest BCUT2D eigenvalue weighted by Gasteiger charge is 2.21. The van der Waals surface area contributed by atoms with Gasteiger partial charge >= 0.3 is 6.09 Å². The van der Waals surface area contributed by atoms with Gasteiger partial charge in [0.2, 0.25) is 5.91 Å². The second kappa shape index (κ2) is 6.56. The van der Waals surface area contributed by atoms with Gasteiger partial charge in [-0.25, -0.2) is 4.79 Å². The number of amides is 2. The van der Waals surface area contributed by atoms with Crippen molar-refractivity contribution in [2.24, 2.45) is 0 Å². The predicted molar refractivity (Wildman–Crippen MR) is 73.1 cm³/mol. The number of carbonyl (C=O) groups excluding carboxylic acids is 2. The number of cyclic esters (lactones) is 1. The lowest BCUT2D eigenvalue weighted by molar-refractivity contribution is -0.121. The topological polar surface area (TPSA) is 58.6 Å². The van der Waals surface area contributed by atoms with E-state index in [2.05, 4.69) is 18.3 Å². The standard InChI is InChI=1S/C13H18N2O3S/c1-2-10-3-4-11(19-10)9-14-12(16)5-6-15-7-8-18-13(15)17/h3-4H,2,5-9H2,1H3,(H,14,16). The largest absolute Gasteiger partial charge is 0.448 e. The fraction of sp³-hybridized carbons (Fsp3) is 0.538. The molecular weight excluding hydrogens is 264 g/mol. The second-order valence-electron chi connectivity index (χ2n) is 4.35. The zero-order chi connectivity index (χ0) is 13.7. The molecule has 1 fully saturated rings. The van der Waals surface area contributed by atoms with Crippen molar-refractivity contribution in [3.05, 3.63) is 21.9 Å². The molecule has 0 radical (unpaired) electrons. The maximum atomic E-state index is 11.7. The summed E-state index contributed by atoms with van der Waals surface area (Å²) in [7, 11) is 0. The number of nitrogens with zero attached hydrogens (tertiary/aromatic N) is 1. The number of hydrogen-bond donors (Lipinski definition) is 1. The summed E-state index contributed by atoms with van der Waals surface area (Å²) in [6.07, 6.45) is 1.02. The SMILES string of the molecule is CCc1ccc(CNC(=O)CCN2CCOC2=O)s1. The van der Waals surface area contributed by atoms with E-state index in [1.165, 1.54) is 4.88 Å². The smallest absolute Gasteiger partial charge is 0.409 e. The number of carbonyl (C=O) groups is 2. The summed E-state index contributed by atoms with van der Waals surface area (Å²) in [5.41, 5.74) is 0. The van der Waals surface area contributed by atoms with E-state index in [0.717, 1.165) is 11.3 Å². The molecule has 1 N–H and O–H groups in total. The van der Waals surface area contributed by atoms with Crippen LogP contribution in [0, 0.1) is 0 Å². The Morgan fingerprint density at radius 1 is 1.47 bits per heavy atom. The van der Waals surface area contributed by atoms with Crippen molar-refractivity contribution < 1.29 is 14.3 Å². The van der Waals surface area contributed by atoms with Gasteiger partial charge in [-0.2, -0.15) is 0 Å². The molecule has 2 heterocycles. The first-order valence-corrected chi connectivity index (χ1v) is 7.26. The normalized spacial score (nSPS) is 14.6. The third-order valence-corrected chi connectivity index (χ3v) is 4.21. The van der Waals surface area contributed by atoms with Gasteiger partial charge in [-0.05, 0) is 18.6 Å². The average molecular weight is 282 g/mol. The van der Waals surface area contributed by atoms with Gasteiger partial charge in [0.25, 0.3) is 0 Å². The van der Waals surface area contributed by atoms with Crippen LogP contribution < -0.4 is 5.32 Å². The fourth-order valence-corrected chi connectivity index (χ4v) is 2.74. The van der Waals surface area contributed by atoms with Gasteiger partial charge in [-0.15, -0.1) is 11.3 Å². The van der Waals surface area contributed by atoms with Crippen LogP contribution in [-0.4, -0.2) is 36.6 Å². The molecule has 1 aliphatic rings. The number of hydrogen-bond acceptors (Lipinski definition) is 4. The number of thiophene rings is 1. The summed E-state index contributed by atoms with van der Waals surface area (Å²) in [5.74, 6) is -0.0360. The average Bonchev–Trinajstić information content (AvgIpc) is 3.02. The predicted octanol–water partition coefficient (Wildman–Crippen LogP) is 1.77. The maximum absolute atomic E-state index is 11.7. The molecule has 1 aromatic heterocycles. The van der Waals surface area contributed by atoms with E-state index in [0.29, 0.717) is 32.7 Å². The molecule has 5 nitrogen and oxygen atoms in total. The molecule has 2 rings (SSSR count). The highest BCUT2D eigenvalue weighted by molar-refractivity contribution is 7.11. The molecule has 0 bridgehead atoms. The maximum Gasteiger partial charge on any atom is 0.409 e. The van der Waals surface area contributed by atoms with E-state index < -0.39 is 0 Å². The van der Waals surface area contributed by atoms with Crippen molar-refractivity contribution in [3.63, 3.8) is 0 Å². The zero-order valence-corrected chi connectivity index (χ0v) is 11.8. The Hall–Kier alpha value is -1.56. The van der Waals surface area contributed by atoms with Gasteiger partial charge in [0.1, 0.15) is 6.61 Å². The lowest BCUT2D eigenvalue weighted by Gasteiger charge is -2.11. The lowest BCUT2D eigenvalue weighted by atomic mass is 10.3. The van der Waals surface area contributed by atoms with Gasteiger partial charge in [-0.1, -0.05) is 6.92 Å². The van der Waals surface area contributed by atoms with Crippen LogP contribution in [0.5, 0.6) is 0 Å². The number of aryl methyl sites for hydroxylation is 1.